The third-order valence-electron chi connectivity index (χ3n) is 4.00. The summed E-state index contributed by atoms with van der Waals surface area (Å²) in [5.41, 5.74) is 2.57. The number of esters is 1. The minimum absolute atomic E-state index is 0.00491. The molecule has 0 atom stereocenters. The first kappa shape index (κ1) is 19.5. The number of carbonyl (C=O) groups is 1. The first-order valence-corrected chi connectivity index (χ1v) is 10.3. The average Bonchev–Trinajstić information content (AvgIpc) is 3.04. The highest BCUT2D eigenvalue weighted by Gasteiger charge is 2.22. The second kappa shape index (κ2) is 7.41. The zero-order chi connectivity index (χ0) is 19.8. The number of hydrogen-bond donors (Lipinski definition) is 0. The van der Waals surface area contributed by atoms with Gasteiger partial charge in [-0.1, -0.05) is 6.07 Å². The fourth-order valence-corrected chi connectivity index (χ4v) is 4.37. The molecule has 2 heterocycles. The van der Waals surface area contributed by atoms with E-state index in [0.717, 1.165) is 15.5 Å². The maximum Gasteiger partial charge on any atom is 0.338 e. The first-order chi connectivity index (χ1) is 12.7. The standard InChI is InChI=1S/C18H18BrN3O4S/c1-12-5-4-8-22-10-14(20-17(12)22)11-26-18(23)13-6-7-15(19)16(9-13)27(24,25)21(2)3/h4-10H,11H2,1-3H3. The normalized spacial score (nSPS) is 11.9. The van der Waals surface area contributed by atoms with Crippen LogP contribution in [0.25, 0.3) is 5.65 Å². The van der Waals surface area contributed by atoms with Crippen LogP contribution in [0.2, 0.25) is 0 Å². The summed E-state index contributed by atoms with van der Waals surface area (Å²) in [7, 11) is -0.832. The Morgan fingerprint density at radius 1 is 1.30 bits per heavy atom. The maximum absolute atomic E-state index is 12.4. The number of halogens is 1. The van der Waals surface area contributed by atoms with E-state index in [1.54, 1.807) is 6.20 Å². The van der Waals surface area contributed by atoms with Gasteiger partial charge < -0.3 is 9.14 Å². The Hall–Kier alpha value is -2.23. The van der Waals surface area contributed by atoms with Crippen molar-refractivity contribution >= 4 is 37.6 Å². The molecule has 27 heavy (non-hydrogen) atoms. The number of ether oxygens (including phenoxy) is 1. The van der Waals surface area contributed by atoms with Gasteiger partial charge in [-0.15, -0.1) is 0 Å². The van der Waals surface area contributed by atoms with Gasteiger partial charge in [0.25, 0.3) is 0 Å². The van der Waals surface area contributed by atoms with Gasteiger partial charge in [0.1, 0.15) is 12.3 Å². The van der Waals surface area contributed by atoms with Gasteiger partial charge in [0.15, 0.2) is 0 Å². The Bertz CT molecular complexity index is 1120. The Balaban J connectivity index is 1.81. The summed E-state index contributed by atoms with van der Waals surface area (Å²) in [6.45, 7) is 1.94. The molecular formula is C18H18BrN3O4S. The van der Waals surface area contributed by atoms with Crippen LogP contribution in [0.1, 0.15) is 21.6 Å². The zero-order valence-electron chi connectivity index (χ0n) is 15.0. The maximum atomic E-state index is 12.4. The number of aromatic nitrogens is 2. The Morgan fingerprint density at radius 3 is 2.70 bits per heavy atom. The lowest BCUT2D eigenvalue weighted by Crippen LogP contribution is -2.23. The van der Waals surface area contributed by atoms with Crippen LogP contribution >= 0.6 is 15.9 Å². The van der Waals surface area contributed by atoms with E-state index >= 15 is 0 Å². The summed E-state index contributed by atoms with van der Waals surface area (Å²) in [6, 6.07) is 8.19. The van der Waals surface area contributed by atoms with Crippen LogP contribution in [0.3, 0.4) is 0 Å². The number of hydrogen-bond acceptors (Lipinski definition) is 5. The molecule has 0 bridgehead atoms. The van der Waals surface area contributed by atoms with Crippen LogP contribution in [0.4, 0.5) is 0 Å². The molecule has 0 aliphatic rings. The van der Waals surface area contributed by atoms with Gasteiger partial charge in [-0.3, -0.25) is 0 Å². The largest absolute Gasteiger partial charge is 0.456 e. The summed E-state index contributed by atoms with van der Waals surface area (Å²) < 4.78 is 33.4. The van der Waals surface area contributed by atoms with Crippen LogP contribution in [-0.4, -0.2) is 42.2 Å². The van der Waals surface area contributed by atoms with E-state index in [1.807, 2.05) is 29.7 Å². The molecule has 2 aromatic heterocycles. The Labute approximate surface area is 165 Å². The van der Waals surface area contributed by atoms with Crippen molar-refractivity contribution in [2.75, 3.05) is 14.1 Å². The highest BCUT2D eigenvalue weighted by Crippen LogP contribution is 2.25. The molecule has 3 rings (SSSR count). The van der Waals surface area contributed by atoms with Crippen LogP contribution in [0.5, 0.6) is 0 Å². The summed E-state index contributed by atoms with van der Waals surface area (Å²) in [6.07, 6.45) is 3.66. The molecular weight excluding hydrogens is 434 g/mol. The van der Waals surface area contributed by atoms with E-state index in [0.29, 0.717) is 10.2 Å². The fourth-order valence-electron chi connectivity index (χ4n) is 2.52. The number of nitrogens with zero attached hydrogens (tertiary/aromatic N) is 3. The van der Waals surface area contributed by atoms with E-state index < -0.39 is 16.0 Å². The van der Waals surface area contributed by atoms with Gasteiger partial charge in [0.2, 0.25) is 10.0 Å². The molecule has 0 saturated heterocycles. The predicted molar refractivity (Wildman–Crippen MR) is 104 cm³/mol. The Morgan fingerprint density at radius 2 is 2.04 bits per heavy atom. The number of aryl methyl sites for hydroxylation is 1. The van der Waals surface area contributed by atoms with Crippen LogP contribution in [-0.2, 0) is 21.4 Å². The van der Waals surface area contributed by atoms with Crippen molar-refractivity contribution in [1.29, 1.82) is 0 Å². The van der Waals surface area contributed by atoms with Gasteiger partial charge in [0, 0.05) is 31.0 Å². The molecule has 142 valence electrons. The lowest BCUT2D eigenvalue weighted by Gasteiger charge is -2.13. The molecule has 0 aliphatic carbocycles. The van der Waals surface area contributed by atoms with Crippen molar-refractivity contribution < 1.29 is 17.9 Å². The molecule has 0 unspecified atom stereocenters. The van der Waals surface area contributed by atoms with Gasteiger partial charge >= 0.3 is 5.97 Å². The number of benzene rings is 1. The smallest absolute Gasteiger partial charge is 0.338 e. The van der Waals surface area contributed by atoms with Crippen molar-refractivity contribution in [3.8, 4) is 0 Å². The highest BCUT2D eigenvalue weighted by atomic mass is 79.9. The van der Waals surface area contributed by atoms with Crippen molar-refractivity contribution in [3.05, 3.63) is 64.0 Å². The van der Waals surface area contributed by atoms with Crippen molar-refractivity contribution in [2.45, 2.75) is 18.4 Å². The van der Waals surface area contributed by atoms with Crippen molar-refractivity contribution in [3.63, 3.8) is 0 Å². The van der Waals surface area contributed by atoms with Gasteiger partial charge in [-0.2, -0.15) is 0 Å². The van der Waals surface area contributed by atoms with Crippen molar-refractivity contribution in [1.82, 2.24) is 13.7 Å². The number of pyridine rings is 1. The highest BCUT2D eigenvalue weighted by molar-refractivity contribution is 9.10. The van der Waals surface area contributed by atoms with E-state index in [4.69, 9.17) is 4.74 Å². The van der Waals surface area contributed by atoms with Crippen molar-refractivity contribution in [2.24, 2.45) is 0 Å². The van der Waals surface area contributed by atoms with E-state index in [1.165, 1.54) is 32.3 Å². The van der Waals surface area contributed by atoms with Crippen LogP contribution in [0.15, 0.2) is 52.1 Å². The Kier molecular flexibility index (Phi) is 5.36. The SMILES string of the molecule is Cc1cccn2cc(COC(=O)c3ccc(Br)c(S(=O)(=O)N(C)C)c3)nc12. The molecule has 0 spiro atoms. The minimum atomic E-state index is -3.69. The number of carbonyl (C=O) groups excluding carboxylic acids is 1. The van der Waals surface area contributed by atoms with Gasteiger partial charge in [-0.05, 0) is 52.7 Å². The summed E-state index contributed by atoms with van der Waals surface area (Å²) >= 11 is 3.22. The quantitative estimate of drug-likeness (QED) is 0.556. The molecule has 0 N–H and O–H groups in total. The average molecular weight is 452 g/mol. The number of sulfonamides is 1. The molecule has 0 saturated carbocycles. The summed E-state index contributed by atoms with van der Waals surface area (Å²) in [5, 5.41) is 0. The summed E-state index contributed by atoms with van der Waals surface area (Å²) in [5.74, 6) is -0.619. The summed E-state index contributed by atoms with van der Waals surface area (Å²) in [4.78, 5) is 16.8. The molecule has 9 heteroatoms. The monoisotopic (exact) mass is 451 g/mol. The van der Waals surface area contributed by atoms with Gasteiger partial charge in [0.05, 0.1) is 16.2 Å². The van der Waals surface area contributed by atoms with E-state index in [9.17, 15) is 13.2 Å². The molecule has 0 amide bonds. The van der Waals surface area contributed by atoms with Crippen LogP contribution < -0.4 is 0 Å². The molecule has 0 aliphatic heterocycles. The molecule has 0 fully saturated rings. The minimum Gasteiger partial charge on any atom is -0.456 e. The predicted octanol–water partition coefficient (Wildman–Crippen LogP) is 3.01. The number of imidazole rings is 1. The van der Waals surface area contributed by atoms with E-state index in [-0.39, 0.29) is 17.1 Å². The first-order valence-electron chi connectivity index (χ1n) is 8.02. The van der Waals surface area contributed by atoms with E-state index in [2.05, 4.69) is 20.9 Å². The number of fused-ring (bicyclic) bond motifs is 1. The fraction of sp³-hybridized carbons (Fsp3) is 0.222. The zero-order valence-corrected chi connectivity index (χ0v) is 17.4. The second-order valence-corrected chi connectivity index (χ2v) is 9.14. The lowest BCUT2D eigenvalue weighted by molar-refractivity contribution is 0.0468. The molecule has 7 nitrogen and oxygen atoms in total. The van der Waals surface area contributed by atoms with Crippen LogP contribution in [0, 0.1) is 6.92 Å². The van der Waals surface area contributed by atoms with Gasteiger partial charge in [-0.25, -0.2) is 22.5 Å². The lowest BCUT2D eigenvalue weighted by atomic mass is 10.2. The topological polar surface area (TPSA) is 81.0 Å². The molecule has 0 radical (unpaired) electrons. The third kappa shape index (κ3) is 3.90. The number of rotatable bonds is 5. The molecule has 3 aromatic rings. The molecule has 1 aromatic carbocycles. The third-order valence-corrected chi connectivity index (χ3v) is 6.81. The second-order valence-electron chi connectivity index (χ2n) is 6.16.